The van der Waals surface area contributed by atoms with Crippen LogP contribution in [0.15, 0.2) is 36.4 Å². The first kappa shape index (κ1) is 22.3. The Morgan fingerprint density at radius 3 is 2.56 bits per heavy atom. The lowest BCUT2D eigenvalue weighted by molar-refractivity contribution is -0.0512. The average Bonchev–Trinajstić information content (AvgIpc) is 3.48. The molecule has 1 heterocycles. The molecule has 7 nitrogen and oxygen atoms in total. The lowest BCUT2D eigenvalue weighted by Crippen LogP contribution is -2.32. The van der Waals surface area contributed by atoms with E-state index in [4.69, 9.17) is 4.74 Å². The summed E-state index contributed by atoms with van der Waals surface area (Å²) < 4.78 is 60.0. The third kappa shape index (κ3) is 4.64. The number of carbonyl (C=O) groups excluding carboxylic acids is 1. The van der Waals surface area contributed by atoms with Gasteiger partial charge in [0.1, 0.15) is 0 Å². The van der Waals surface area contributed by atoms with Gasteiger partial charge in [-0.15, -0.1) is 0 Å². The van der Waals surface area contributed by atoms with Gasteiger partial charge < -0.3 is 14.4 Å². The quantitative estimate of drug-likeness (QED) is 0.596. The van der Waals surface area contributed by atoms with Crippen LogP contribution in [0.25, 0.3) is 0 Å². The molecule has 0 bridgehead atoms. The summed E-state index contributed by atoms with van der Waals surface area (Å²) in [4.78, 5) is 15.1. The van der Waals surface area contributed by atoms with Crippen molar-refractivity contribution in [2.75, 3.05) is 24.2 Å². The maximum absolute atomic E-state index is 13.3. The van der Waals surface area contributed by atoms with Gasteiger partial charge in [-0.3, -0.25) is 9.10 Å². The molecule has 0 radical (unpaired) electrons. The van der Waals surface area contributed by atoms with E-state index in [1.165, 1.54) is 23.7 Å². The molecule has 10 heteroatoms. The van der Waals surface area contributed by atoms with Gasteiger partial charge in [-0.25, -0.2) is 8.42 Å². The number of anilines is 1. The van der Waals surface area contributed by atoms with Gasteiger partial charge in [0.15, 0.2) is 11.5 Å². The zero-order chi connectivity index (χ0) is 23.0. The maximum Gasteiger partial charge on any atom is 0.387 e. The fraction of sp³-hybridized carbons (Fsp3) is 0.409. The average molecular weight is 467 g/mol. The van der Waals surface area contributed by atoms with E-state index in [1.807, 2.05) is 0 Å². The zero-order valence-electron chi connectivity index (χ0n) is 17.8. The highest BCUT2D eigenvalue weighted by atomic mass is 32.2. The van der Waals surface area contributed by atoms with Crippen LogP contribution in [-0.4, -0.2) is 51.8 Å². The van der Waals surface area contributed by atoms with E-state index in [0.29, 0.717) is 30.8 Å². The number of carbonyl (C=O) groups is 1. The van der Waals surface area contributed by atoms with Crippen molar-refractivity contribution in [1.29, 1.82) is 0 Å². The molecule has 32 heavy (non-hydrogen) atoms. The van der Waals surface area contributed by atoms with Crippen molar-refractivity contribution in [3.8, 4) is 11.5 Å². The summed E-state index contributed by atoms with van der Waals surface area (Å²) in [5.74, 6) is -0.0472. The van der Waals surface area contributed by atoms with Crippen LogP contribution in [0, 0.1) is 0 Å². The Labute approximate surface area is 185 Å². The standard InChI is InChI=1S/C22H24F2N2O5S/c1-30-20-11-14(3-8-19(20)31-22(23)24)13-25(17-5-6-17)21(27)16-4-7-18-15(12-16)9-10-26(18)32(2,28)29/h3-4,7-8,11-12,17,22H,5-6,9-10,13H2,1-2H3. The number of rotatable bonds is 8. The van der Waals surface area contributed by atoms with Gasteiger partial charge in [-0.05, 0) is 60.7 Å². The van der Waals surface area contributed by atoms with Gasteiger partial charge in [0, 0.05) is 24.7 Å². The molecule has 1 amide bonds. The van der Waals surface area contributed by atoms with E-state index in [-0.39, 0.29) is 23.4 Å². The molecule has 0 atom stereocenters. The van der Waals surface area contributed by atoms with Crippen molar-refractivity contribution in [3.63, 3.8) is 0 Å². The van der Waals surface area contributed by atoms with Gasteiger partial charge in [-0.2, -0.15) is 8.78 Å². The molecule has 2 aromatic rings. The van der Waals surface area contributed by atoms with Crippen molar-refractivity contribution in [3.05, 3.63) is 53.1 Å². The van der Waals surface area contributed by atoms with E-state index in [0.717, 1.165) is 24.0 Å². The fourth-order valence-electron chi connectivity index (χ4n) is 3.97. The number of amides is 1. The highest BCUT2D eigenvalue weighted by molar-refractivity contribution is 7.92. The molecular weight excluding hydrogens is 442 g/mol. The van der Waals surface area contributed by atoms with Gasteiger partial charge in [-0.1, -0.05) is 6.07 Å². The van der Waals surface area contributed by atoms with Crippen molar-refractivity contribution in [1.82, 2.24) is 4.90 Å². The summed E-state index contributed by atoms with van der Waals surface area (Å²) in [6.45, 7) is -2.30. The predicted octanol–water partition coefficient (Wildman–Crippen LogP) is 3.42. The molecule has 1 fully saturated rings. The highest BCUT2D eigenvalue weighted by Crippen LogP contribution is 2.35. The van der Waals surface area contributed by atoms with Crippen molar-refractivity contribution >= 4 is 21.6 Å². The van der Waals surface area contributed by atoms with E-state index >= 15 is 0 Å². The molecule has 0 N–H and O–H groups in total. The SMILES string of the molecule is COc1cc(CN(C(=O)c2ccc3c(c2)CCN3S(C)(=O)=O)C2CC2)ccc1OC(F)F. The van der Waals surface area contributed by atoms with Crippen LogP contribution in [0.3, 0.4) is 0 Å². The number of nitrogens with zero attached hydrogens (tertiary/aromatic N) is 2. The number of hydrogen-bond donors (Lipinski definition) is 0. The topological polar surface area (TPSA) is 76.2 Å². The van der Waals surface area contributed by atoms with Crippen LogP contribution < -0.4 is 13.8 Å². The molecule has 1 aliphatic heterocycles. The third-order valence-corrected chi connectivity index (χ3v) is 6.81. The summed E-state index contributed by atoms with van der Waals surface area (Å²) in [5, 5.41) is 0. The summed E-state index contributed by atoms with van der Waals surface area (Å²) in [7, 11) is -1.99. The maximum atomic E-state index is 13.3. The van der Waals surface area contributed by atoms with Gasteiger partial charge in [0.05, 0.1) is 19.1 Å². The first-order chi connectivity index (χ1) is 15.2. The van der Waals surface area contributed by atoms with Gasteiger partial charge in [0.25, 0.3) is 5.91 Å². The number of benzene rings is 2. The second kappa shape index (κ2) is 8.57. The van der Waals surface area contributed by atoms with Crippen molar-refractivity contribution < 1.29 is 31.5 Å². The molecular formula is C22H24F2N2O5S. The van der Waals surface area contributed by atoms with Crippen LogP contribution in [0.1, 0.15) is 34.3 Å². The van der Waals surface area contributed by atoms with E-state index in [9.17, 15) is 22.0 Å². The highest BCUT2D eigenvalue weighted by Gasteiger charge is 2.34. The molecule has 1 saturated carbocycles. The molecule has 0 spiro atoms. The van der Waals surface area contributed by atoms with E-state index in [2.05, 4.69) is 4.74 Å². The monoisotopic (exact) mass is 466 g/mol. The predicted molar refractivity (Wildman–Crippen MR) is 115 cm³/mol. The second-order valence-electron chi connectivity index (χ2n) is 7.96. The molecule has 172 valence electrons. The minimum atomic E-state index is -3.36. The second-order valence-corrected chi connectivity index (χ2v) is 9.86. The number of hydrogen-bond acceptors (Lipinski definition) is 5. The molecule has 4 rings (SSSR count). The molecule has 0 unspecified atom stereocenters. The van der Waals surface area contributed by atoms with E-state index in [1.54, 1.807) is 35.2 Å². The van der Waals surface area contributed by atoms with Crippen LogP contribution in [0.4, 0.5) is 14.5 Å². The molecule has 0 saturated heterocycles. The first-order valence-corrected chi connectivity index (χ1v) is 12.1. The summed E-state index contributed by atoms with van der Waals surface area (Å²) in [5.41, 5.74) is 2.66. The number of ether oxygens (including phenoxy) is 2. The van der Waals surface area contributed by atoms with E-state index < -0.39 is 16.6 Å². The Balaban J connectivity index is 1.56. The Bertz CT molecular complexity index is 1140. The summed E-state index contributed by atoms with van der Waals surface area (Å²) in [6, 6.07) is 9.83. The lowest BCUT2D eigenvalue weighted by Gasteiger charge is -2.24. The minimum Gasteiger partial charge on any atom is -0.493 e. The molecule has 0 aromatic heterocycles. The Morgan fingerprint density at radius 2 is 1.94 bits per heavy atom. The van der Waals surface area contributed by atoms with Crippen molar-refractivity contribution in [2.24, 2.45) is 0 Å². The Hall–Kier alpha value is -2.88. The number of fused-ring (bicyclic) bond motifs is 1. The smallest absolute Gasteiger partial charge is 0.387 e. The third-order valence-electron chi connectivity index (χ3n) is 5.63. The number of alkyl halides is 2. The lowest BCUT2D eigenvalue weighted by atomic mass is 10.1. The Morgan fingerprint density at radius 1 is 1.19 bits per heavy atom. The van der Waals surface area contributed by atoms with Gasteiger partial charge >= 0.3 is 6.61 Å². The number of methoxy groups -OCH3 is 1. The zero-order valence-corrected chi connectivity index (χ0v) is 18.6. The van der Waals surface area contributed by atoms with Crippen LogP contribution in [0.2, 0.25) is 0 Å². The molecule has 2 aromatic carbocycles. The minimum absolute atomic E-state index is 0.0652. The summed E-state index contributed by atoms with van der Waals surface area (Å²) >= 11 is 0. The van der Waals surface area contributed by atoms with Crippen LogP contribution in [-0.2, 0) is 23.0 Å². The van der Waals surface area contributed by atoms with Crippen LogP contribution in [0.5, 0.6) is 11.5 Å². The van der Waals surface area contributed by atoms with Crippen LogP contribution >= 0.6 is 0 Å². The molecule has 1 aliphatic carbocycles. The van der Waals surface area contributed by atoms with Gasteiger partial charge in [0.2, 0.25) is 10.0 Å². The Kier molecular flexibility index (Phi) is 5.98. The van der Waals surface area contributed by atoms with Crippen molar-refractivity contribution in [2.45, 2.75) is 38.5 Å². The molecule has 2 aliphatic rings. The number of halogens is 2. The normalized spacial score (nSPS) is 15.6. The fourth-order valence-corrected chi connectivity index (χ4v) is 4.93. The first-order valence-electron chi connectivity index (χ1n) is 10.2. The largest absolute Gasteiger partial charge is 0.493 e. The number of sulfonamides is 1. The summed E-state index contributed by atoms with van der Waals surface area (Å²) in [6.07, 6.45) is 3.50.